The van der Waals surface area contributed by atoms with E-state index in [9.17, 15) is 9.59 Å². The number of amides is 1. The second kappa shape index (κ2) is 39.5. The second-order valence-electron chi connectivity index (χ2n) is 14.1. The van der Waals surface area contributed by atoms with Gasteiger partial charge < -0.3 is 85.5 Å². The van der Waals surface area contributed by atoms with Gasteiger partial charge in [0.15, 0.2) is 28.8 Å². The number of hydrogen-bond donors (Lipinski definition) is 3. The fourth-order valence-electron chi connectivity index (χ4n) is 4.22. The fraction of sp³-hybridized carbons (Fsp3) is 0.524. The highest BCUT2D eigenvalue weighted by Crippen LogP contribution is 2.30. The number of alkyl halides is 2. The second-order valence-corrected chi connectivity index (χ2v) is 17.6. The molecule has 2 radical (unpaired) electrons. The summed E-state index contributed by atoms with van der Waals surface area (Å²) in [6.07, 6.45) is 2.13. The zero-order chi connectivity index (χ0) is 56.2. The van der Waals surface area contributed by atoms with Gasteiger partial charge in [-0.1, -0.05) is 38.7 Å². The van der Waals surface area contributed by atoms with Gasteiger partial charge in [0.25, 0.3) is 35.3 Å². The number of carboxylic acids is 1. The van der Waals surface area contributed by atoms with Gasteiger partial charge in [0.2, 0.25) is 5.76 Å². The van der Waals surface area contributed by atoms with E-state index < -0.39 is 17.7 Å². The predicted molar refractivity (Wildman–Crippen MR) is 282 cm³/mol. The topological polar surface area (TPSA) is 320 Å². The maximum atomic E-state index is 11.7. The number of hydrogen-bond acceptors (Lipinski definition) is 24. The number of methoxy groups -OCH3 is 6. The van der Waals surface area contributed by atoms with E-state index >= 15 is 0 Å². The van der Waals surface area contributed by atoms with Crippen molar-refractivity contribution in [2.45, 2.75) is 76.4 Å². The molecule has 0 bridgehead atoms. The van der Waals surface area contributed by atoms with E-state index in [1.165, 1.54) is 58.0 Å². The summed E-state index contributed by atoms with van der Waals surface area (Å²) in [5.74, 6) is 4.15. The molecular formula is C42H60BBr5N8O18. The molecule has 414 valence electrons. The van der Waals surface area contributed by atoms with E-state index in [1.54, 1.807) is 34.4 Å². The van der Waals surface area contributed by atoms with E-state index in [0.717, 1.165) is 39.4 Å². The number of aliphatic hydroxyl groups excluding tert-OH is 1. The van der Waals surface area contributed by atoms with Crippen molar-refractivity contribution >= 4 is 99.6 Å². The normalized spacial score (nSPS) is 10.8. The molecule has 26 nitrogen and oxygen atoms in total. The molecule has 32 heteroatoms. The number of carbonyl (C=O) groups is 2. The van der Waals surface area contributed by atoms with Crippen LogP contribution >= 0.6 is 79.6 Å². The Balaban J connectivity index is 0.000000855. The minimum Gasteiger partial charge on any atom is -0.479 e. The summed E-state index contributed by atoms with van der Waals surface area (Å²) in [7, 11) is 17.0. The van der Waals surface area contributed by atoms with Crippen molar-refractivity contribution in [2.24, 2.45) is 0 Å². The van der Waals surface area contributed by atoms with Gasteiger partial charge in [-0.3, -0.25) is 0 Å². The van der Waals surface area contributed by atoms with E-state index in [1.807, 2.05) is 27.8 Å². The van der Waals surface area contributed by atoms with Crippen LogP contribution in [0.25, 0.3) is 0 Å². The van der Waals surface area contributed by atoms with Crippen molar-refractivity contribution in [3.05, 3.63) is 66.2 Å². The van der Waals surface area contributed by atoms with Crippen molar-refractivity contribution in [1.29, 1.82) is 0 Å². The third kappa shape index (κ3) is 27.1. The van der Waals surface area contributed by atoms with Crippen LogP contribution in [-0.2, 0) is 39.8 Å². The maximum Gasteiger partial charge on any atom is 0.410 e. The van der Waals surface area contributed by atoms with Crippen LogP contribution in [0.3, 0.4) is 0 Å². The van der Waals surface area contributed by atoms with Crippen LogP contribution in [0.4, 0.5) is 4.79 Å². The van der Waals surface area contributed by atoms with Crippen LogP contribution in [0, 0.1) is 0 Å². The predicted octanol–water partition coefficient (Wildman–Crippen LogP) is 9.45. The van der Waals surface area contributed by atoms with Gasteiger partial charge in [-0.05, 0) is 119 Å². The molecule has 0 unspecified atom stereocenters. The van der Waals surface area contributed by atoms with Crippen LogP contribution < -0.4 is 33.7 Å². The lowest BCUT2D eigenvalue weighted by molar-refractivity contribution is 0.0270. The number of aromatic carboxylic acids is 1. The summed E-state index contributed by atoms with van der Waals surface area (Å²) < 4.78 is 69.6. The van der Waals surface area contributed by atoms with E-state index in [-0.39, 0.29) is 24.8 Å². The Morgan fingerprint density at radius 3 is 1.41 bits per heavy atom. The van der Waals surface area contributed by atoms with Crippen LogP contribution in [-0.4, -0.2) is 142 Å². The Morgan fingerprint density at radius 2 is 1.09 bits per heavy atom. The van der Waals surface area contributed by atoms with Gasteiger partial charge in [-0.15, -0.1) is 0 Å². The molecule has 1 aliphatic heterocycles. The van der Waals surface area contributed by atoms with Gasteiger partial charge in [-0.2, -0.15) is 0 Å². The van der Waals surface area contributed by atoms with E-state index in [0.29, 0.717) is 62.6 Å². The standard InChI is InChI=1S/C11H17BrN2O4.C6H9BrN2O2.C5H5Br2NO2.C5H6BrNO2.C5H5NO4.C5H7NO3.C4H8O.CH3B/c1-11(2,3)17-10(15)14(4)6-7-8(12)9(16-5)13-18-7;1-8-3-4-5(7)6(10-2)9-11-4;1-9-5-4(7)3(2-6)10-8-5;1-8-5-2-4(3-6)9-7-5;1-9-4-2-3(5(7)8)10-6-4;1-8-5-2-4(3-7)9-6-5;1-2-4-5-3-1;1-2/h6H2,1-5H3;8H,3H2,1-2H3;2H2,1H3;2H,3H2,1H3;2H,1H3,(H,7,8);2,7H,3H2,1H3;1-4H2;1H3. The Bertz CT molecular complexity index is 2290. The smallest absolute Gasteiger partial charge is 0.410 e. The molecule has 1 saturated heterocycles. The highest BCUT2D eigenvalue weighted by Gasteiger charge is 2.23. The number of aliphatic hydroxyl groups is 1. The molecular weight excluding hydrogens is 1310 g/mol. The fourth-order valence-corrected chi connectivity index (χ4v) is 6.57. The highest BCUT2D eigenvalue weighted by molar-refractivity contribution is 9.11. The molecule has 0 aromatic carbocycles. The molecule has 0 aliphatic carbocycles. The molecule has 74 heavy (non-hydrogen) atoms. The van der Waals surface area contributed by atoms with Gasteiger partial charge in [0.05, 0.1) is 80.3 Å². The molecule has 6 aromatic heterocycles. The summed E-state index contributed by atoms with van der Waals surface area (Å²) in [6.45, 7) is 9.67. The number of carbonyl (C=O) groups excluding carboxylic acids is 1. The summed E-state index contributed by atoms with van der Waals surface area (Å²) in [6, 6.07) is 4.46. The number of ether oxygens (including phenoxy) is 8. The summed E-state index contributed by atoms with van der Waals surface area (Å²) in [5, 5.41) is 42.3. The van der Waals surface area contributed by atoms with Crippen LogP contribution in [0.5, 0.6) is 35.3 Å². The summed E-state index contributed by atoms with van der Waals surface area (Å²) in [4.78, 5) is 23.3. The molecule has 3 N–H and O–H groups in total. The Labute approximate surface area is 470 Å². The molecule has 0 atom stereocenters. The third-order valence-electron chi connectivity index (χ3n) is 7.65. The van der Waals surface area contributed by atoms with Crippen molar-refractivity contribution < 1.29 is 84.8 Å². The molecule has 6 aromatic rings. The first-order valence-corrected chi connectivity index (χ1v) is 25.7. The first kappa shape index (κ1) is 69.1. The first-order valence-electron chi connectivity index (χ1n) is 21.0. The molecule has 0 spiro atoms. The average molecular weight is 1380 g/mol. The average Bonchev–Trinajstić information content (AvgIpc) is 4.28. The molecule has 0 saturated carbocycles. The Kier molecular flexibility index (Phi) is 36.9. The van der Waals surface area contributed by atoms with Crippen molar-refractivity contribution in [3.8, 4) is 35.3 Å². The molecule has 1 fully saturated rings. The zero-order valence-corrected chi connectivity index (χ0v) is 50.6. The highest BCUT2D eigenvalue weighted by atomic mass is 79.9. The quantitative estimate of drug-likeness (QED) is 0.0675. The van der Waals surface area contributed by atoms with Crippen LogP contribution in [0.1, 0.15) is 73.0 Å². The SMILES string of the molecule is C1CCOC1.CNCc1onc(OC)c1Br.COc1cc(C(=O)O)on1.COc1cc(CBr)on1.COc1cc(CO)on1.COc1noc(CBr)c1Br.COc1noc(CN(C)C(=O)OC(C)(C)C)c1Br.[B]C. The van der Waals surface area contributed by atoms with Gasteiger partial charge >= 0.3 is 12.1 Å². The minimum absolute atomic E-state index is 0.143. The third-order valence-corrected chi connectivity index (χ3v) is 11.1. The zero-order valence-electron chi connectivity index (χ0n) is 42.6. The van der Waals surface area contributed by atoms with Gasteiger partial charge in [-0.25, -0.2) is 9.59 Å². The Morgan fingerprint density at radius 1 is 0.662 bits per heavy atom. The summed E-state index contributed by atoms with van der Waals surface area (Å²) >= 11 is 16.3. The minimum atomic E-state index is -1.16. The number of aromatic nitrogens is 6. The number of carboxylic acid groups (broad SMARTS) is 1. The molecule has 1 amide bonds. The molecule has 1 aliphatic rings. The number of rotatable bonds is 14. The molecule has 7 heterocycles. The maximum absolute atomic E-state index is 11.7. The van der Waals surface area contributed by atoms with Crippen molar-refractivity contribution in [1.82, 2.24) is 41.2 Å². The number of halogens is 5. The van der Waals surface area contributed by atoms with Crippen LogP contribution in [0.15, 0.2) is 58.8 Å². The summed E-state index contributed by atoms with van der Waals surface area (Å²) in [5.41, 5.74) is -0.526. The monoisotopic (exact) mass is 1370 g/mol. The Hall–Kier alpha value is -4.86. The van der Waals surface area contributed by atoms with Crippen molar-refractivity contribution in [2.75, 3.05) is 70.0 Å². The lowest BCUT2D eigenvalue weighted by Crippen LogP contribution is -2.33. The largest absolute Gasteiger partial charge is 0.479 e. The lowest BCUT2D eigenvalue weighted by atomic mass is 10.2. The lowest BCUT2D eigenvalue weighted by Gasteiger charge is -2.23. The number of nitrogens with one attached hydrogen (secondary N) is 1. The van der Waals surface area contributed by atoms with Gasteiger partial charge in [0, 0.05) is 32.4 Å². The first-order chi connectivity index (χ1) is 35.3. The van der Waals surface area contributed by atoms with E-state index in [2.05, 4.69) is 142 Å². The van der Waals surface area contributed by atoms with Crippen LogP contribution in [0.2, 0.25) is 6.82 Å². The van der Waals surface area contributed by atoms with E-state index in [4.69, 9.17) is 56.7 Å². The van der Waals surface area contributed by atoms with Crippen molar-refractivity contribution in [3.63, 3.8) is 0 Å². The van der Waals surface area contributed by atoms with Gasteiger partial charge in [0.1, 0.15) is 25.6 Å². The number of nitrogens with zero attached hydrogens (tertiary/aromatic N) is 7. The molecule has 7 rings (SSSR count).